The number of nitrogens with one attached hydrogen (secondary N) is 1. The third-order valence-electron chi connectivity index (χ3n) is 2.96. The summed E-state index contributed by atoms with van der Waals surface area (Å²) < 4.78 is 1.07. The van der Waals surface area contributed by atoms with E-state index in [-0.39, 0.29) is 6.04 Å². The highest BCUT2D eigenvalue weighted by atomic mass is 79.9. The summed E-state index contributed by atoms with van der Waals surface area (Å²) in [4.78, 5) is 0. The first-order chi connectivity index (χ1) is 9.02. The Hall–Kier alpha value is -0.580. The largest absolute Gasteiger partial charge is 0.271 e. The van der Waals surface area contributed by atoms with Gasteiger partial charge in [-0.05, 0) is 41.8 Å². The molecule has 0 spiro atoms. The molecule has 0 saturated carbocycles. The number of rotatable bonds is 3. The van der Waals surface area contributed by atoms with Crippen LogP contribution in [0.1, 0.15) is 22.7 Å². The smallest absolute Gasteiger partial charge is 0.0710 e. The van der Waals surface area contributed by atoms with Crippen LogP contribution in [0.25, 0.3) is 0 Å². The van der Waals surface area contributed by atoms with Gasteiger partial charge in [0, 0.05) is 4.47 Å². The molecule has 0 heterocycles. The van der Waals surface area contributed by atoms with Gasteiger partial charge in [-0.25, -0.2) is 5.43 Å². The van der Waals surface area contributed by atoms with Crippen LogP contribution in [-0.4, -0.2) is 0 Å². The Kier molecular flexibility index (Phi) is 4.87. The number of hydrogen-bond donors (Lipinski definition) is 2. The van der Waals surface area contributed by atoms with Gasteiger partial charge in [0.1, 0.15) is 0 Å². The first-order valence-electron chi connectivity index (χ1n) is 5.70. The van der Waals surface area contributed by atoms with Crippen molar-refractivity contribution in [1.29, 1.82) is 0 Å². The molecule has 0 fully saturated rings. The molecule has 1 atom stereocenters. The second-order valence-electron chi connectivity index (χ2n) is 4.28. The summed E-state index contributed by atoms with van der Waals surface area (Å²) in [6.45, 7) is 2.04. The lowest BCUT2D eigenvalue weighted by molar-refractivity contribution is 0.636. The molecule has 0 aliphatic rings. The molecule has 0 aliphatic carbocycles. The third kappa shape index (κ3) is 3.30. The molecule has 0 saturated heterocycles. The molecule has 0 aliphatic heterocycles. The van der Waals surface area contributed by atoms with Crippen LogP contribution < -0.4 is 11.3 Å². The van der Waals surface area contributed by atoms with Crippen LogP contribution in [0.15, 0.2) is 40.9 Å². The quantitative estimate of drug-likeness (QED) is 0.620. The van der Waals surface area contributed by atoms with E-state index in [0.29, 0.717) is 10.0 Å². The van der Waals surface area contributed by atoms with Gasteiger partial charge >= 0.3 is 0 Å². The average molecular weight is 360 g/mol. The molecule has 19 heavy (non-hydrogen) atoms. The predicted molar refractivity (Wildman–Crippen MR) is 84.5 cm³/mol. The van der Waals surface area contributed by atoms with Crippen LogP contribution >= 0.6 is 39.1 Å². The van der Waals surface area contributed by atoms with Gasteiger partial charge in [-0.3, -0.25) is 5.84 Å². The van der Waals surface area contributed by atoms with Crippen molar-refractivity contribution in [2.45, 2.75) is 13.0 Å². The lowest BCUT2D eigenvalue weighted by atomic mass is 9.98. The van der Waals surface area contributed by atoms with E-state index >= 15 is 0 Å². The van der Waals surface area contributed by atoms with Crippen molar-refractivity contribution in [3.05, 3.63) is 67.6 Å². The van der Waals surface area contributed by atoms with Gasteiger partial charge in [0.05, 0.1) is 16.1 Å². The monoisotopic (exact) mass is 358 g/mol. The van der Waals surface area contributed by atoms with Gasteiger partial charge in [-0.15, -0.1) is 0 Å². The maximum Gasteiger partial charge on any atom is 0.0710 e. The maximum absolute atomic E-state index is 6.05. The number of halogens is 3. The van der Waals surface area contributed by atoms with Gasteiger partial charge in [-0.2, -0.15) is 0 Å². The lowest BCUT2D eigenvalue weighted by Crippen LogP contribution is -2.28. The normalized spacial score (nSPS) is 12.5. The van der Waals surface area contributed by atoms with Gasteiger partial charge in [-0.1, -0.05) is 57.3 Å². The van der Waals surface area contributed by atoms with Crippen molar-refractivity contribution in [1.82, 2.24) is 5.43 Å². The molecule has 0 bridgehead atoms. The minimum atomic E-state index is -0.124. The van der Waals surface area contributed by atoms with Crippen LogP contribution in [0.5, 0.6) is 0 Å². The van der Waals surface area contributed by atoms with E-state index in [0.717, 1.165) is 21.2 Å². The van der Waals surface area contributed by atoms with E-state index in [2.05, 4.69) is 27.4 Å². The topological polar surface area (TPSA) is 38.0 Å². The van der Waals surface area contributed by atoms with Gasteiger partial charge in [0.15, 0.2) is 0 Å². The highest BCUT2D eigenvalue weighted by Crippen LogP contribution is 2.30. The molecule has 2 nitrogen and oxygen atoms in total. The molecule has 1 unspecified atom stereocenters. The van der Waals surface area contributed by atoms with Gasteiger partial charge in [0.2, 0.25) is 0 Å². The zero-order valence-corrected chi connectivity index (χ0v) is 13.4. The summed E-state index contributed by atoms with van der Waals surface area (Å²) in [6.07, 6.45) is 0. The van der Waals surface area contributed by atoms with E-state index in [1.54, 1.807) is 6.07 Å². The van der Waals surface area contributed by atoms with Crippen LogP contribution in [0.4, 0.5) is 0 Å². The fourth-order valence-corrected chi connectivity index (χ4v) is 2.48. The highest BCUT2D eigenvalue weighted by molar-refractivity contribution is 9.10. The summed E-state index contributed by atoms with van der Waals surface area (Å²) >= 11 is 15.5. The van der Waals surface area contributed by atoms with Crippen LogP contribution in [0.2, 0.25) is 10.0 Å². The van der Waals surface area contributed by atoms with Crippen molar-refractivity contribution in [3.8, 4) is 0 Å². The molecule has 0 amide bonds. The Labute approximate surface area is 131 Å². The number of hydrazine groups is 1. The fourth-order valence-electron chi connectivity index (χ4n) is 1.92. The summed E-state index contributed by atoms with van der Waals surface area (Å²) in [6, 6.07) is 11.5. The molecular weight excluding hydrogens is 347 g/mol. The number of hydrogen-bond acceptors (Lipinski definition) is 2. The molecular formula is C14H13BrCl2N2. The van der Waals surface area contributed by atoms with Crippen molar-refractivity contribution in [3.63, 3.8) is 0 Å². The van der Waals surface area contributed by atoms with Crippen molar-refractivity contribution in [2.75, 3.05) is 0 Å². The van der Waals surface area contributed by atoms with E-state index in [4.69, 9.17) is 29.0 Å². The molecule has 100 valence electrons. The predicted octanol–water partition coefficient (Wildman–Crippen LogP) is 4.62. The molecule has 0 radical (unpaired) electrons. The summed E-state index contributed by atoms with van der Waals surface area (Å²) in [5, 5.41) is 1.06. The summed E-state index contributed by atoms with van der Waals surface area (Å²) in [5.41, 5.74) is 6.00. The van der Waals surface area contributed by atoms with Gasteiger partial charge in [0.25, 0.3) is 0 Å². The number of aryl methyl sites for hydroxylation is 1. The summed E-state index contributed by atoms with van der Waals surface area (Å²) in [7, 11) is 0. The molecule has 3 N–H and O–H groups in total. The minimum absolute atomic E-state index is 0.124. The maximum atomic E-state index is 6.05. The Morgan fingerprint density at radius 3 is 2.26 bits per heavy atom. The first kappa shape index (κ1) is 14.8. The Morgan fingerprint density at radius 1 is 1.05 bits per heavy atom. The van der Waals surface area contributed by atoms with Crippen molar-refractivity contribution in [2.24, 2.45) is 5.84 Å². The van der Waals surface area contributed by atoms with E-state index < -0.39 is 0 Å². The number of benzene rings is 2. The molecule has 2 aromatic rings. The Bertz CT molecular complexity index is 550. The average Bonchev–Trinajstić information content (AvgIpc) is 2.39. The van der Waals surface area contributed by atoms with Crippen molar-refractivity contribution >= 4 is 39.1 Å². The molecule has 2 rings (SSSR count). The zero-order chi connectivity index (χ0) is 14.0. The zero-order valence-electron chi connectivity index (χ0n) is 10.3. The van der Waals surface area contributed by atoms with Crippen LogP contribution in [0, 0.1) is 6.92 Å². The standard InChI is InChI=1S/C14H13BrCl2N2/c1-8-6-9(2-4-11(8)15)14(19-18)10-3-5-12(16)13(17)7-10/h2-7,14,19H,18H2,1H3. The van der Waals surface area contributed by atoms with Gasteiger partial charge < -0.3 is 0 Å². The second kappa shape index (κ2) is 6.25. The second-order valence-corrected chi connectivity index (χ2v) is 5.95. The van der Waals surface area contributed by atoms with Crippen molar-refractivity contribution < 1.29 is 0 Å². The fraction of sp³-hybridized carbons (Fsp3) is 0.143. The summed E-state index contributed by atoms with van der Waals surface area (Å²) in [5.74, 6) is 5.68. The van der Waals surface area contributed by atoms with E-state index in [1.165, 1.54) is 0 Å². The lowest BCUT2D eigenvalue weighted by Gasteiger charge is -2.18. The Morgan fingerprint density at radius 2 is 1.68 bits per heavy atom. The highest BCUT2D eigenvalue weighted by Gasteiger charge is 2.14. The SMILES string of the molecule is Cc1cc(C(NN)c2ccc(Cl)c(Cl)c2)ccc1Br. The third-order valence-corrected chi connectivity index (χ3v) is 4.59. The van der Waals surface area contributed by atoms with E-state index in [9.17, 15) is 0 Å². The molecule has 5 heteroatoms. The first-order valence-corrected chi connectivity index (χ1v) is 7.25. The minimum Gasteiger partial charge on any atom is -0.271 e. The van der Waals surface area contributed by atoms with Crippen LogP contribution in [0.3, 0.4) is 0 Å². The number of nitrogens with two attached hydrogens (primary N) is 1. The van der Waals surface area contributed by atoms with E-state index in [1.807, 2.05) is 31.2 Å². The Balaban J connectivity index is 2.43. The molecule has 2 aromatic carbocycles. The molecule has 0 aromatic heterocycles. The van der Waals surface area contributed by atoms with Crippen LogP contribution in [-0.2, 0) is 0 Å².